The van der Waals surface area contributed by atoms with Crippen molar-refractivity contribution in [2.75, 3.05) is 85.8 Å². The van der Waals surface area contributed by atoms with E-state index in [2.05, 4.69) is 72.9 Å². The lowest BCUT2D eigenvalue weighted by atomic mass is 9.70. The first-order valence-electron chi connectivity index (χ1n) is 50.3. The van der Waals surface area contributed by atoms with Crippen molar-refractivity contribution in [1.82, 2.24) is 26.6 Å². The summed E-state index contributed by atoms with van der Waals surface area (Å²) in [5.41, 5.74) is -1.51. The lowest BCUT2D eigenvalue weighted by Crippen LogP contribution is -2.58. The van der Waals surface area contributed by atoms with E-state index in [0.717, 1.165) is 193 Å². The Morgan fingerprint density at radius 3 is 0.909 bits per heavy atom. The molecule has 0 aliphatic heterocycles. The van der Waals surface area contributed by atoms with E-state index in [-0.39, 0.29) is 208 Å². The fourth-order valence-electron chi connectivity index (χ4n) is 18.6. The number of hydrogen-bond donors (Lipinski definition) is 5. The number of carbonyl (C=O) groups is 11. The number of nitrogens with one attached hydrogen (secondary N) is 5. The first kappa shape index (κ1) is 118. The second kappa shape index (κ2) is 68.2. The first-order chi connectivity index (χ1) is 63.1. The predicted molar refractivity (Wildman–Crippen MR) is 494 cm³/mol. The van der Waals surface area contributed by atoms with E-state index in [4.69, 9.17) is 42.6 Å². The molecule has 0 radical (unpaired) electrons. The zero-order valence-electron chi connectivity index (χ0n) is 82.2. The topological polar surface area (TPSA) is 340 Å². The van der Waals surface area contributed by atoms with Crippen molar-refractivity contribution in [2.24, 2.45) is 53.3 Å². The SMILES string of the molecule is CC(=O)NC1C(OCCCCCCCCCCCCCC(=O)CCOCC(COCCC(=O)CCCCCCCCCCCCCOC2CC(COC(C)=O)C(C)C(C)C2NC(C)=O)(COCCC(=O)NCCCCCCCCCCCCOC2CC(COC(C)=O)C(C)C(C)C2NC(C)=O)NC(=O)CCCC(=O)Oc2c(F)c(F)c(F)c(F)c2F)CC(COC(C)=O)C(C)C1C. The normalized spacial score (nSPS) is 22.3. The molecule has 1 aromatic rings. The smallest absolute Gasteiger partial charge is 0.311 e. The van der Waals surface area contributed by atoms with Crippen LogP contribution in [0.15, 0.2) is 0 Å². The van der Waals surface area contributed by atoms with E-state index >= 15 is 0 Å². The molecule has 3 aliphatic carbocycles. The van der Waals surface area contributed by atoms with Crippen molar-refractivity contribution in [3.05, 3.63) is 29.1 Å². The molecule has 3 aliphatic rings. The van der Waals surface area contributed by atoms with Crippen LogP contribution in [0.1, 0.15) is 359 Å². The summed E-state index contributed by atoms with van der Waals surface area (Å²) in [5, 5.41) is 15.2. The van der Waals surface area contributed by atoms with E-state index in [0.29, 0.717) is 91.1 Å². The van der Waals surface area contributed by atoms with Gasteiger partial charge in [-0.25, -0.2) is 13.2 Å². The van der Waals surface area contributed by atoms with Gasteiger partial charge >= 0.3 is 23.9 Å². The highest BCUT2D eigenvalue weighted by molar-refractivity contribution is 5.80. The molecule has 26 nitrogen and oxygen atoms in total. The van der Waals surface area contributed by atoms with E-state index in [9.17, 15) is 74.7 Å². The van der Waals surface area contributed by atoms with Gasteiger partial charge in [-0.3, -0.25) is 52.7 Å². The summed E-state index contributed by atoms with van der Waals surface area (Å²) in [6, 6.07) is -0.320. The van der Waals surface area contributed by atoms with Gasteiger partial charge in [0.15, 0.2) is 0 Å². The van der Waals surface area contributed by atoms with Crippen molar-refractivity contribution in [3.63, 3.8) is 0 Å². The Bertz CT molecular complexity index is 3220. The Hall–Kier alpha value is -6.80. The maximum Gasteiger partial charge on any atom is 0.311 e. The highest BCUT2D eigenvalue weighted by Gasteiger charge is 2.45. The third-order valence-corrected chi connectivity index (χ3v) is 27.2. The average molecular weight is 1880 g/mol. The summed E-state index contributed by atoms with van der Waals surface area (Å²) in [5.74, 6) is -15.4. The van der Waals surface area contributed by atoms with Gasteiger partial charge in [0.25, 0.3) is 0 Å². The van der Waals surface area contributed by atoms with E-state index in [1.807, 2.05) is 0 Å². The van der Waals surface area contributed by atoms with Crippen LogP contribution in [0.3, 0.4) is 0 Å². The summed E-state index contributed by atoms with van der Waals surface area (Å²) in [6.07, 6.45) is 33.4. The Labute approximate surface area is 785 Å². The molecular weight excluding hydrogens is 1710 g/mol. The number of amides is 5. The Balaban J connectivity index is 1.26. The molecule has 0 heterocycles. The molecule has 758 valence electrons. The first-order valence-corrected chi connectivity index (χ1v) is 50.3. The molecule has 15 unspecified atom stereocenters. The number of benzene rings is 1. The fraction of sp³-hybridized carbons (Fsp3) is 0.832. The van der Waals surface area contributed by atoms with Crippen molar-refractivity contribution >= 4 is 65.0 Å². The number of ether oxygens (including phenoxy) is 10. The van der Waals surface area contributed by atoms with E-state index < -0.39 is 65.1 Å². The van der Waals surface area contributed by atoms with Crippen LogP contribution in [-0.4, -0.2) is 193 Å². The molecule has 0 aromatic heterocycles. The molecule has 15 atom stereocenters. The summed E-state index contributed by atoms with van der Waals surface area (Å²) < 4.78 is 129. The van der Waals surface area contributed by atoms with Crippen LogP contribution in [0, 0.1) is 82.3 Å². The van der Waals surface area contributed by atoms with Gasteiger partial charge in [0, 0.05) is 113 Å². The molecule has 5 amide bonds. The second-order valence-corrected chi connectivity index (χ2v) is 38.2. The largest absolute Gasteiger partial charge is 0.466 e. The third-order valence-electron chi connectivity index (χ3n) is 27.2. The average Bonchev–Trinajstić information content (AvgIpc) is 0.800. The Kier molecular flexibility index (Phi) is 60.8. The molecule has 3 saturated carbocycles. The lowest BCUT2D eigenvalue weighted by Gasteiger charge is -2.44. The number of halogens is 5. The number of carbonyl (C=O) groups excluding carboxylic acids is 11. The molecule has 3 fully saturated rings. The summed E-state index contributed by atoms with van der Waals surface area (Å²) in [6.45, 7) is 23.8. The Morgan fingerprint density at radius 2 is 0.598 bits per heavy atom. The molecule has 31 heteroatoms. The minimum absolute atomic E-state index is 0.0170. The monoisotopic (exact) mass is 1880 g/mol. The van der Waals surface area contributed by atoms with Gasteiger partial charge in [0.2, 0.25) is 64.4 Å². The lowest BCUT2D eigenvalue weighted by molar-refractivity contribution is -0.146. The molecule has 0 spiro atoms. The zero-order valence-corrected chi connectivity index (χ0v) is 82.2. The molecule has 5 N–H and O–H groups in total. The molecule has 0 bridgehead atoms. The summed E-state index contributed by atoms with van der Waals surface area (Å²) in [7, 11) is 0. The van der Waals surface area contributed by atoms with E-state index in [1.165, 1.54) is 41.5 Å². The molecular formula is C101H168F5N5O21. The van der Waals surface area contributed by atoms with Crippen LogP contribution >= 0.6 is 0 Å². The Morgan fingerprint density at radius 1 is 0.311 bits per heavy atom. The van der Waals surface area contributed by atoms with Crippen LogP contribution in [0.4, 0.5) is 22.0 Å². The van der Waals surface area contributed by atoms with Crippen molar-refractivity contribution in [1.29, 1.82) is 0 Å². The van der Waals surface area contributed by atoms with Crippen LogP contribution in [0.5, 0.6) is 5.75 Å². The van der Waals surface area contributed by atoms with Crippen LogP contribution in [-0.2, 0) is 95.4 Å². The number of hydrogen-bond acceptors (Lipinski definition) is 21. The van der Waals surface area contributed by atoms with E-state index in [1.54, 1.807) is 0 Å². The molecule has 0 saturated heterocycles. The van der Waals surface area contributed by atoms with Crippen LogP contribution < -0.4 is 31.3 Å². The van der Waals surface area contributed by atoms with Crippen molar-refractivity contribution in [3.8, 4) is 5.75 Å². The number of rotatable bonds is 74. The van der Waals surface area contributed by atoms with Gasteiger partial charge in [0.1, 0.15) is 17.1 Å². The van der Waals surface area contributed by atoms with Gasteiger partial charge in [0.05, 0.1) is 95.9 Å². The van der Waals surface area contributed by atoms with Crippen molar-refractivity contribution < 1.29 is 122 Å². The summed E-state index contributed by atoms with van der Waals surface area (Å²) in [4.78, 5) is 138. The molecule has 4 rings (SSSR count). The molecule has 132 heavy (non-hydrogen) atoms. The van der Waals surface area contributed by atoms with Gasteiger partial charge in [-0.05, 0) is 117 Å². The van der Waals surface area contributed by atoms with Gasteiger partial charge < -0.3 is 74.0 Å². The maximum absolute atomic E-state index is 14.5. The quantitative estimate of drug-likeness (QED) is 0.00769. The van der Waals surface area contributed by atoms with Gasteiger partial charge in [-0.15, -0.1) is 0 Å². The fourth-order valence-corrected chi connectivity index (χ4v) is 18.6. The molecule has 1 aromatic carbocycles. The predicted octanol–water partition coefficient (Wildman–Crippen LogP) is 18.3. The van der Waals surface area contributed by atoms with Crippen LogP contribution in [0.2, 0.25) is 0 Å². The minimum atomic E-state index is -2.43. The maximum atomic E-state index is 14.5. The van der Waals surface area contributed by atoms with Crippen LogP contribution in [0.25, 0.3) is 0 Å². The second-order valence-electron chi connectivity index (χ2n) is 38.2. The number of esters is 4. The minimum Gasteiger partial charge on any atom is -0.466 e. The highest BCUT2D eigenvalue weighted by Crippen LogP contribution is 2.41. The van der Waals surface area contributed by atoms with Crippen molar-refractivity contribution in [2.45, 2.75) is 401 Å². The zero-order chi connectivity index (χ0) is 97.2. The summed E-state index contributed by atoms with van der Waals surface area (Å²) >= 11 is 0. The van der Waals surface area contributed by atoms with Gasteiger partial charge in [-0.2, -0.15) is 8.78 Å². The third kappa shape index (κ3) is 48.8. The number of Topliss-reactive ketones (excluding diaryl/α,β-unsaturated/α-hetero) is 2. The van der Waals surface area contributed by atoms with Gasteiger partial charge in [-0.1, -0.05) is 208 Å². The number of unbranched alkanes of at least 4 members (excludes halogenated alkanes) is 29. The standard InChI is InChI=1S/C101H168F5N5O21/c1-69-72(4)97(108-75(7)112)86(60-81(69)63-129-78(10)115)126-54-42-36-30-24-18-13-15-21-27-33-39-46-84(118)50-57-123-66-101(111-90(121)48-45-49-91(122)132-100-95(105)93(103)92(102)94(104)96(100)106,67-124-58-51-85(119)47-40-34-28-22-16-14-19-25-31-37-43-55-127-87-61-82(64-130-79(11)116)70(2)73(5)98(87)109-76(8)113)68-125-59-52-89(120)107-53-41-35-29-23-17-20-26-32-38-44-56-128-88-62-83(65-131-80(12)117)71(3)74(6)99(88)110-77(9)114/h69-74,81-83,86-88,97-99H,13-68H2,1-12H3,(H,107,120)(H,108,112)(H,109,113)(H,110,114)(H,111,121). The highest BCUT2D eigenvalue weighted by atomic mass is 19.2. The number of ketones is 2.